The predicted molar refractivity (Wildman–Crippen MR) is 57.9 cm³/mol. The summed E-state index contributed by atoms with van der Waals surface area (Å²) in [4.78, 5) is 0. The molecule has 15 heavy (non-hydrogen) atoms. The summed E-state index contributed by atoms with van der Waals surface area (Å²) in [6.07, 6.45) is 2.43. The summed E-state index contributed by atoms with van der Waals surface area (Å²) in [7, 11) is 1.53. The standard InChI is InChI=1S/C11H13ClO3/c1-14-11-9(12)4-8(13)5-10(11)15-6-7-2-3-7/h4-5,7,13H,2-3,6H2,1H3. The molecule has 0 unspecified atom stereocenters. The molecule has 2 rings (SSSR count). The summed E-state index contributed by atoms with van der Waals surface area (Å²) >= 11 is 5.90. The Morgan fingerprint density at radius 1 is 1.47 bits per heavy atom. The Morgan fingerprint density at radius 2 is 2.20 bits per heavy atom. The third-order valence-corrected chi connectivity index (χ3v) is 2.65. The molecule has 0 aromatic heterocycles. The van der Waals surface area contributed by atoms with Crippen LogP contribution in [-0.2, 0) is 0 Å². The highest BCUT2D eigenvalue weighted by Crippen LogP contribution is 2.39. The topological polar surface area (TPSA) is 38.7 Å². The molecule has 0 spiro atoms. The van der Waals surface area contributed by atoms with Crippen LogP contribution in [0.2, 0.25) is 5.02 Å². The Bertz CT molecular complexity index is 361. The van der Waals surface area contributed by atoms with Gasteiger partial charge in [-0.2, -0.15) is 0 Å². The Morgan fingerprint density at radius 3 is 2.80 bits per heavy atom. The van der Waals surface area contributed by atoms with Gasteiger partial charge in [0.05, 0.1) is 18.7 Å². The first-order valence-corrected chi connectivity index (χ1v) is 5.28. The number of aromatic hydroxyl groups is 1. The van der Waals surface area contributed by atoms with Crippen molar-refractivity contribution in [1.29, 1.82) is 0 Å². The van der Waals surface area contributed by atoms with Crippen LogP contribution in [0.5, 0.6) is 17.2 Å². The van der Waals surface area contributed by atoms with Gasteiger partial charge in [-0.1, -0.05) is 11.6 Å². The monoisotopic (exact) mass is 228 g/mol. The minimum Gasteiger partial charge on any atom is -0.508 e. The summed E-state index contributed by atoms with van der Waals surface area (Å²) in [5.74, 6) is 1.73. The van der Waals surface area contributed by atoms with Crippen LogP contribution < -0.4 is 9.47 Å². The minimum atomic E-state index is 0.0894. The average molecular weight is 229 g/mol. The number of ether oxygens (including phenoxy) is 2. The van der Waals surface area contributed by atoms with Crippen molar-refractivity contribution in [3.8, 4) is 17.2 Å². The molecule has 1 aromatic rings. The van der Waals surface area contributed by atoms with E-state index in [-0.39, 0.29) is 5.75 Å². The fourth-order valence-corrected chi connectivity index (χ4v) is 1.63. The van der Waals surface area contributed by atoms with E-state index < -0.39 is 0 Å². The first-order valence-electron chi connectivity index (χ1n) is 4.90. The van der Waals surface area contributed by atoms with Gasteiger partial charge < -0.3 is 14.6 Å². The van der Waals surface area contributed by atoms with Crippen LogP contribution in [-0.4, -0.2) is 18.8 Å². The molecular formula is C11H13ClO3. The van der Waals surface area contributed by atoms with E-state index in [1.165, 1.54) is 32.1 Å². The van der Waals surface area contributed by atoms with Crippen molar-refractivity contribution in [2.45, 2.75) is 12.8 Å². The summed E-state index contributed by atoms with van der Waals surface area (Å²) < 4.78 is 10.7. The maximum Gasteiger partial charge on any atom is 0.179 e. The van der Waals surface area contributed by atoms with E-state index in [0.29, 0.717) is 29.0 Å². The van der Waals surface area contributed by atoms with E-state index >= 15 is 0 Å². The number of methoxy groups -OCH3 is 1. The van der Waals surface area contributed by atoms with Crippen LogP contribution in [0, 0.1) is 5.92 Å². The summed E-state index contributed by atoms with van der Waals surface area (Å²) in [6, 6.07) is 2.96. The zero-order valence-corrected chi connectivity index (χ0v) is 9.25. The highest BCUT2D eigenvalue weighted by molar-refractivity contribution is 6.32. The molecule has 0 radical (unpaired) electrons. The first-order chi connectivity index (χ1) is 7.20. The number of benzene rings is 1. The summed E-state index contributed by atoms with van der Waals surface area (Å²) in [5.41, 5.74) is 0. The average Bonchev–Trinajstić information content (AvgIpc) is 2.97. The Labute approximate surface area is 93.6 Å². The largest absolute Gasteiger partial charge is 0.508 e. The molecule has 1 fully saturated rings. The normalized spacial score (nSPS) is 15.1. The van der Waals surface area contributed by atoms with Gasteiger partial charge in [0.1, 0.15) is 5.75 Å². The highest BCUT2D eigenvalue weighted by atomic mass is 35.5. The van der Waals surface area contributed by atoms with Gasteiger partial charge in [-0.15, -0.1) is 0 Å². The van der Waals surface area contributed by atoms with Crippen LogP contribution in [0.1, 0.15) is 12.8 Å². The summed E-state index contributed by atoms with van der Waals surface area (Å²) in [6.45, 7) is 0.663. The van der Waals surface area contributed by atoms with Crippen molar-refractivity contribution in [1.82, 2.24) is 0 Å². The van der Waals surface area contributed by atoms with Crippen LogP contribution in [0.3, 0.4) is 0 Å². The number of rotatable bonds is 4. The summed E-state index contributed by atoms with van der Waals surface area (Å²) in [5, 5.41) is 9.74. The fraction of sp³-hybridized carbons (Fsp3) is 0.455. The van der Waals surface area contributed by atoms with Crippen LogP contribution in [0.25, 0.3) is 0 Å². The third-order valence-electron chi connectivity index (χ3n) is 2.37. The van der Waals surface area contributed by atoms with Crippen LogP contribution >= 0.6 is 11.6 Å². The maximum absolute atomic E-state index is 9.37. The van der Waals surface area contributed by atoms with Gasteiger partial charge >= 0.3 is 0 Å². The lowest BCUT2D eigenvalue weighted by Crippen LogP contribution is -2.01. The number of phenolic OH excluding ortho intramolecular Hbond substituents is 1. The molecule has 0 amide bonds. The van der Waals surface area contributed by atoms with Crippen molar-refractivity contribution < 1.29 is 14.6 Å². The molecule has 1 aliphatic rings. The molecule has 4 heteroatoms. The van der Waals surface area contributed by atoms with Crippen molar-refractivity contribution in [3.05, 3.63) is 17.2 Å². The van der Waals surface area contributed by atoms with Crippen molar-refractivity contribution >= 4 is 11.6 Å². The Hall–Kier alpha value is -1.09. The number of halogens is 1. The molecule has 1 aliphatic carbocycles. The lowest BCUT2D eigenvalue weighted by Gasteiger charge is -2.11. The quantitative estimate of drug-likeness (QED) is 0.861. The third kappa shape index (κ3) is 2.48. The molecule has 82 valence electrons. The second kappa shape index (κ2) is 4.19. The Balaban J connectivity index is 2.17. The maximum atomic E-state index is 9.37. The molecule has 0 aliphatic heterocycles. The van der Waals surface area contributed by atoms with Crippen LogP contribution in [0.4, 0.5) is 0 Å². The highest BCUT2D eigenvalue weighted by Gasteiger charge is 2.23. The molecule has 1 aromatic carbocycles. The van der Waals surface area contributed by atoms with Gasteiger partial charge in [0.25, 0.3) is 0 Å². The van der Waals surface area contributed by atoms with E-state index in [4.69, 9.17) is 21.1 Å². The molecule has 0 saturated heterocycles. The first kappa shape index (κ1) is 10.4. The zero-order chi connectivity index (χ0) is 10.8. The van der Waals surface area contributed by atoms with Gasteiger partial charge in [-0.25, -0.2) is 0 Å². The van der Waals surface area contributed by atoms with E-state index in [1.807, 2.05) is 0 Å². The smallest absolute Gasteiger partial charge is 0.179 e. The number of hydrogen-bond acceptors (Lipinski definition) is 3. The second-order valence-corrected chi connectivity index (χ2v) is 4.12. The molecule has 1 N–H and O–H groups in total. The van der Waals surface area contributed by atoms with Crippen molar-refractivity contribution in [2.24, 2.45) is 5.92 Å². The second-order valence-electron chi connectivity index (χ2n) is 3.71. The SMILES string of the molecule is COc1c(Cl)cc(O)cc1OCC1CC1. The van der Waals surface area contributed by atoms with E-state index in [9.17, 15) is 5.11 Å². The number of phenols is 1. The predicted octanol–water partition coefficient (Wildman–Crippen LogP) is 2.84. The van der Waals surface area contributed by atoms with Gasteiger partial charge in [0.15, 0.2) is 11.5 Å². The van der Waals surface area contributed by atoms with E-state index in [0.717, 1.165) is 0 Å². The van der Waals surface area contributed by atoms with Crippen LogP contribution in [0.15, 0.2) is 12.1 Å². The van der Waals surface area contributed by atoms with E-state index in [2.05, 4.69) is 0 Å². The zero-order valence-electron chi connectivity index (χ0n) is 8.50. The lowest BCUT2D eigenvalue weighted by atomic mass is 10.3. The van der Waals surface area contributed by atoms with Crippen molar-refractivity contribution in [3.63, 3.8) is 0 Å². The van der Waals surface area contributed by atoms with Gasteiger partial charge in [0.2, 0.25) is 0 Å². The molecule has 0 heterocycles. The molecule has 1 saturated carbocycles. The lowest BCUT2D eigenvalue weighted by molar-refractivity contribution is 0.279. The minimum absolute atomic E-state index is 0.0894. The molecule has 0 atom stereocenters. The van der Waals surface area contributed by atoms with E-state index in [1.54, 1.807) is 0 Å². The molecule has 0 bridgehead atoms. The number of hydrogen-bond donors (Lipinski definition) is 1. The fourth-order valence-electron chi connectivity index (χ4n) is 1.35. The van der Waals surface area contributed by atoms with Gasteiger partial charge in [-0.3, -0.25) is 0 Å². The molecule has 3 nitrogen and oxygen atoms in total. The Kier molecular flexibility index (Phi) is 2.91. The van der Waals surface area contributed by atoms with Gasteiger partial charge in [-0.05, 0) is 18.8 Å². The molecular weight excluding hydrogens is 216 g/mol. The van der Waals surface area contributed by atoms with Crippen molar-refractivity contribution in [2.75, 3.05) is 13.7 Å². The van der Waals surface area contributed by atoms with Gasteiger partial charge in [0, 0.05) is 12.1 Å².